The number of rotatable bonds is 3. The minimum Gasteiger partial charge on any atom is -0.476 e. The minimum absolute atomic E-state index is 0.513. The topological polar surface area (TPSA) is 61.7 Å². The molecular weight excluding hydrogens is 271 g/mol. The Kier molecular flexibility index (Phi) is 3.91. The van der Waals surface area contributed by atoms with Crippen LogP contribution < -0.4 is 5.43 Å². The van der Waals surface area contributed by atoms with Crippen LogP contribution in [-0.2, 0) is 4.79 Å². The second-order valence-electron chi connectivity index (χ2n) is 2.30. The zero-order chi connectivity index (χ0) is 10.6. The van der Waals surface area contributed by atoms with Crippen LogP contribution in [0.1, 0.15) is 0 Å². The van der Waals surface area contributed by atoms with E-state index < -0.39 is 11.1 Å². The minimum atomic E-state index is -1.27. The van der Waals surface area contributed by atoms with Crippen molar-refractivity contribution < 1.29 is 9.90 Å². The number of carbonyl (C=O) groups is 1. The van der Waals surface area contributed by atoms with E-state index in [2.05, 4.69) is 26.5 Å². The molecule has 4 nitrogen and oxygen atoms in total. The molecule has 1 aromatic rings. The average Bonchev–Trinajstić information content (AvgIpc) is 2.16. The highest BCUT2D eigenvalue weighted by atomic mass is 79.9. The van der Waals surface area contributed by atoms with Gasteiger partial charge in [0.1, 0.15) is 0 Å². The van der Waals surface area contributed by atoms with Crippen molar-refractivity contribution in [2.75, 3.05) is 5.43 Å². The van der Waals surface area contributed by atoms with E-state index >= 15 is 0 Å². The quantitative estimate of drug-likeness (QED) is 0.659. The maximum Gasteiger partial charge on any atom is 0.368 e. The fourth-order valence-corrected chi connectivity index (χ4v) is 1.12. The van der Waals surface area contributed by atoms with Crippen LogP contribution >= 0.6 is 27.5 Å². The van der Waals surface area contributed by atoms with Crippen molar-refractivity contribution in [3.05, 3.63) is 28.7 Å². The molecule has 0 unspecified atom stereocenters. The van der Waals surface area contributed by atoms with Gasteiger partial charge >= 0.3 is 5.97 Å². The van der Waals surface area contributed by atoms with Crippen LogP contribution in [-0.4, -0.2) is 16.2 Å². The van der Waals surface area contributed by atoms with Gasteiger partial charge in [0.15, 0.2) is 0 Å². The van der Waals surface area contributed by atoms with E-state index in [4.69, 9.17) is 16.7 Å². The highest BCUT2D eigenvalue weighted by molar-refractivity contribution is 9.10. The number of carboxylic acids is 1. The molecule has 0 amide bonds. The molecule has 0 bridgehead atoms. The summed E-state index contributed by atoms with van der Waals surface area (Å²) >= 11 is 8.55. The van der Waals surface area contributed by atoms with Gasteiger partial charge in [0, 0.05) is 4.47 Å². The van der Waals surface area contributed by atoms with E-state index in [9.17, 15) is 4.79 Å². The number of hydrogen-bond donors (Lipinski definition) is 2. The van der Waals surface area contributed by atoms with Gasteiger partial charge in [-0.25, -0.2) is 4.79 Å². The molecule has 0 heterocycles. The molecule has 0 aliphatic heterocycles. The molecule has 14 heavy (non-hydrogen) atoms. The van der Waals surface area contributed by atoms with Gasteiger partial charge in [-0.1, -0.05) is 23.7 Å². The van der Waals surface area contributed by atoms with Gasteiger partial charge in [-0.15, -0.1) is 0 Å². The summed E-state index contributed by atoms with van der Waals surface area (Å²) in [4.78, 5) is 10.3. The molecule has 0 spiro atoms. The molecule has 0 aliphatic carbocycles. The Hall–Kier alpha value is -1.07. The molecule has 6 heteroatoms. The Labute approximate surface area is 93.7 Å². The van der Waals surface area contributed by atoms with Gasteiger partial charge in [0.2, 0.25) is 5.17 Å². The normalized spacial score (nSPS) is 11.1. The van der Waals surface area contributed by atoms with E-state index in [0.717, 1.165) is 4.47 Å². The summed E-state index contributed by atoms with van der Waals surface area (Å²) in [5.41, 5.74) is 3.17. The van der Waals surface area contributed by atoms with Crippen LogP contribution in [0.15, 0.2) is 33.8 Å². The molecule has 0 saturated carbocycles. The molecule has 0 aromatic heterocycles. The van der Waals surface area contributed by atoms with E-state index in [1.54, 1.807) is 18.2 Å². The van der Waals surface area contributed by atoms with Crippen LogP contribution in [0.3, 0.4) is 0 Å². The zero-order valence-electron chi connectivity index (χ0n) is 6.87. The second kappa shape index (κ2) is 4.97. The van der Waals surface area contributed by atoms with Crippen molar-refractivity contribution in [2.24, 2.45) is 5.10 Å². The highest BCUT2D eigenvalue weighted by Crippen LogP contribution is 2.20. The van der Waals surface area contributed by atoms with Crippen LogP contribution in [0.2, 0.25) is 0 Å². The molecule has 0 saturated heterocycles. The molecule has 74 valence electrons. The molecule has 0 fully saturated rings. The molecule has 1 aromatic carbocycles. The van der Waals surface area contributed by atoms with E-state index in [0.29, 0.717) is 5.69 Å². The number of anilines is 1. The van der Waals surface area contributed by atoms with Gasteiger partial charge in [-0.3, -0.25) is 5.43 Å². The first kappa shape index (κ1) is 11.0. The van der Waals surface area contributed by atoms with E-state index in [1.165, 1.54) is 0 Å². The predicted molar refractivity (Wildman–Crippen MR) is 58.7 cm³/mol. The lowest BCUT2D eigenvalue weighted by Gasteiger charge is -2.01. The van der Waals surface area contributed by atoms with Gasteiger partial charge in [0.05, 0.1) is 5.69 Å². The number of nitrogens with one attached hydrogen (secondary N) is 1. The van der Waals surface area contributed by atoms with Crippen molar-refractivity contribution in [3.63, 3.8) is 0 Å². The summed E-state index contributed by atoms with van der Waals surface area (Å²) in [5.74, 6) is -1.27. The zero-order valence-corrected chi connectivity index (χ0v) is 9.21. The van der Waals surface area contributed by atoms with Crippen molar-refractivity contribution >= 4 is 44.4 Å². The lowest BCUT2D eigenvalue weighted by Crippen LogP contribution is -2.07. The summed E-state index contributed by atoms with van der Waals surface area (Å²) in [6.45, 7) is 0. The number of aliphatic carboxylic acids is 1. The number of hydrogen-bond acceptors (Lipinski definition) is 3. The Bertz CT molecular complexity index is 381. The first-order valence-corrected chi connectivity index (χ1v) is 4.75. The van der Waals surface area contributed by atoms with E-state index in [-0.39, 0.29) is 0 Å². The van der Waals surface area contributed by atoms with Crippen LogP contribution in [0.25, 0.3) is 0 Å². The lowest BCUT2D eigenvalue weighted by atomic mass is 10.3. The van der Waals surface area contributed by atoms with Gasteiger partial charge in [-0.05, 0) is 28.1 Å². The Balaban J connectivity index is 2.76. The number of nitrogens with zero attached hydrogens (tertiary/aromatic N) is 1. The second-order valence-corrected chi connectivity index (χ2v) is 3.51. The van der Waals surface area contributed by atoms with Crippen molar-refractivity contribution in [2.45, 2.75) is 0 Å². The SMILES string of the molecule is O=C(O)/C(Cl)=N/Nc1ccccc1Br. The fraction of sp³-hybridized carbons (Fsp3) is 0. The first-order valence-electron chi connectivity index (χ1n) is 3.58. The summed E-state index contributed by atoms with van der Waals surface area (Å²) < 4.78 is 0.776. The van der Waals surface area contributed by atoms with Crippen LogP contribution in [0.4, 0.5) is 5.69 Å². The summed E-state index contributed by atoms with van der Waals surface area (Å²) in [5, 5.41) is 11.4. The number of para-hydroxylation sites is 1. The van der Waals surface area contributed by atoms with Crippen molar-refractivity contribution in [3.8, 4) is 0 Å². The predicted octanol–water partition coefficient (Wildman–Crippen LogP) is 2.50. The maximum absolute atomic E-state index is 10.3. The molecule has 0 aliphatic rings. The largest absolute Gasteiger partial charge is 0.476 e. The highest BCUT2D eigenvalue weighted by Gasteiger charge is 2.04. The lowest BCUT2D eigenvalue weighted by molar-refractivity contribution is -0.129. The van der Waals surface area contributed by atoms with Gasteiger partial charge < -0.3 is 5.11 Å². The number of carboxylic acid groups (broad SMARTS) is 1. The van der Waals surface area contributed by atoms with Gasteiger partial charge in [0.25, 0.3) is 0 Å². The number of hydrazone groups is 1. The van der Waals surface area contributed by atoms with Crippen LogP contribution in [0.5, 0.6) is 0 Å². The molecular formula is C8H6BrClN2O2. The Morgan fingerprint density at radius 3 is 2.71 bits per heavy atom. The van der Waals surface area contributed by atoms with Gasteiger partial charge in [-0.2, -0.15) is 5.10 Å². The third-order valence-electron chi connectivity index (χ3n) is 1.32. The maximum atomic E-state index is 10.3. The third kappa shape index (κ3) is 3.01. The monoisotopic (exact) mass is 276 g/mol. The molecule has 1 rings (SSSR count). The first-order chi connectivity index (χ1) is 6.61. The van der Waals surface area contributed by atoms with E-state index in [1.807, 2.05) is 6.07 Å². The molecule has 2 N–H and O–H groups in total. The fourth-order valence-electron chi connectivity index (χ4n) is 0.709. The van der Waals surface area contributed by atoms with Crippen molar-refractivity contribution in [1.29, 1.82) is 0 Å². The van der Waals surface area contributed by atoms with Crippen LogP contribution in [0, 0.1) is 0 Å². The summed E-state index contributed by atoms with van der Waals surface area (Å²) in [7, 11) is 0. The standard InChI is InChI=1S/C8H6BrClN2O2/c9-5-3-1-2-4-6(5)11-12-7(10)8(13)14/h1-4,11H,(H,13,14)/b12-7-. The number of benzene rings is 1. The molecule has 0 radical (unpaired) electrons. The average molecular weight is 278 g/mol. The third-order valence-corrected chi connectivity index (χ3v) is 2.26. The smallest absolute Gasteiger partial charge is 0.368 e. The Morgan fingerprint density at radius 1 is 1.50 bits per heavy atom. The summed E-state index contributed by atoms with van der Waals surface area (Å²) in [6, 6.07) is 7.15. The number of halogens is 2. The van der Waals surface area contributed by atoms with Crippen molar-refractivity contribution in [1.82, 2.24) is 0 Å². The summed E-state index contributed by atoms with van der Waals surface area (Å²) in [6.07, 6.45) is 0. The molecule has 0 atom stereocenters. The Morgan fingerprint density at radius 2 is 2.14 bits per heavy atom.